The highest BCUT2D eigenvalue weighted by Gasteiger charge is 1.97. The number of ether oxygens (including phenoxy) is 1. The molecule has 1 N–H and O–H groups in total. The molecule has 0 fully saturated rings. The van der Waals surface area contributed by atoms with Gasteiger partial charge in [-0.1, -0.05) is 60.7 Å². The lowest BCUT2D eigenvalue weighted by Crippen LogP contribution is -2.22. The normalized spacial score (nSPS) is 10.8. The van der Waals surface area contributed by atoms with Crippen molar-refractivity contribution in [2.75, 3.05) is 19.7 Å². The topological polar surface area (TPSA) is 21.3 Å². The van der Waals surface area contributed by atoms with Crippen molar-refractivity contribution in [1.82, 2.24) is 5.32 Å². The van der Waals surface area contributed by atoms with Crippen molar-refractivity contribution < 1.29 is 4.74 Å². The largest absolute Gasteiger partial charge is 0.492 e. The van der Waals surface area contributed by atoms with Crippen LogP contribution in [0.1, 0.15) is 12.0 Å². The number of fused-ring (bicyclic) bond motifs is 1. The molecular weight excluding hydrogens is 282 g/mol. The SMILES string of the molecule is c1ccc(CCCNCCOc2ccc3ccccc3c2)cc1. The lowest BCUT2D eigenvalue weighted by atomic mass is 10.1. The molecule has 3 rings (SSSR count). The molecule has 0 saturated carbocycles. The van der Waals surface area contributed by atoms with Gasteiger partial charge in [0, 0.05) is 6.54 Å². The van der Waals surface area contributed by atoms with Crippen LogP contribution < -0.4 is 10.1 Å². The number of rotatable bonds is 8. The monoisotopic (exact) mass is 305 g/mol. The van der Waals surface area contributed by atoms with Gasteiger partial charge in [-0.25, -0.2) is 0 Å². The van der Waals surface area contributed by atoms with Gasteiger partial charge in [0.2, 0.25) is 0 Å². The van der Waals surface area contributed by atoms with Gasteiger partial charge in [-0.2, -0.15) is 0 Å². The van der Waals surface area contributed by atoms with Crippen LogP contribution in [-0.2, 0) is 6.42 Å². The van der Waals surface area contributed by atoms with Crippen LogP contribution in [0.15, 0.2) is 72.8 Å². The Balaban J connectivity index is 1.33. The lowest BCUT2D eigenvalue weighted by Gasteiger charge is -2.08. The van der Waals surface area contributed by atoms with Gasteiger partial charge in [-0.3, -0.25) is 0 Å². The van der Waals surface area contributed by atoms with Gasteiger partial charge in [0.05, 0.1) is 0 Å². The molecule has 0 saturated heterocycles. The van der Waals surface area contributed by atoms with Gasteiger partial charge < -0.3 is 10.1 Å². The molecule has 0 heterocycles. The Morgan fingerprint density at radius 1 is 0.739 bits per heavy atom. The van der Waals surface area contributed by atoms with E-state index in [1.54, 1.807) is 0 Å². The lowest BCUT2D eigenvalue weighted by molar-refractivity contribution is 0.314. The molecule has 0 radical (unpaired) electrons. The molecule has 0 aliphatic rings. The fourth-order valence-corrected chi connectivity index (χ4v) is 2.69. The van der Waals surface area contributed by atoms with E-state index in [-0.39, 0.29) is 0 Å². The molecule has 0 bridgehead atoms. The number of hydrogen-bond donors (Lipinski definition) is 1. The zero-order valence-electron chi connectivity index (χ0n) is 13.4. The van der Waals surface area contributed by atoms with Gasteiger partial charge in [-0.15, -0.1) is 0 Å². The highest BCUT2D eigenvalue weighted by atomic mass is 16.5. The maximum Gasteiger partial charge on any atom is 0.120 e. The zero-order valence-corrected chi connectivity index (χ0v) is 13.4. The fraction of sp³-hybridized carbons (Fsp3) is 0.238. The first-order chi connectivity index (χ1) is 11.4. The van der Waals surface area contributed by atoms with E-state index in [9.17, 15) is 0 Å². The number of aryl methyl sites for hydroxylation is 1. The summed E-state index contributed by atoms with van der Waals surface area (Å²) in [4.78, 5) is 0. The maximum atomic E-state index is 5.82. The molecule has 0 aromatic heterocycles. The minimum atomic E-state index is 0.698. The summed E-state index contributed by atoms with van der Waals surface area (Å²) in [5.74, 6) is 0.940. The predicted octanol–water partition coefficient (Wildman–Crippen LogP) is 4.44. The summed E-state index contributed by atoms with van der Waals surface area (Å²) in [6.07, 6.45) is 2.28. The standard InChI is InChI=1S/C21H23NO/c1-2-7-18(8-3-1)9-6-14-22-15-16-23-21-13-12-19-10-4-5-11-20(19)17-21/h1-5,7-8,10-13,17,22H,6,9,14-16H2. The van der Waals surface area contributed by atoms with Crippen LogP contribution in [0.25, 0.3) is 10.8 Å². The smallest absolute Gasteiger partial charge is 0.120 e. The Morgan fingerprint density at radius 3 is 2.39 bits per heavy atom. The van der Waals surface area contributed by atoms with Crippen molar-refractivity contribution in [3.63, 3.8) is 0 Å². The first-order valence-electron chi connectivity index (χ1n) is 8.28. The number of benzene rings is 3. The van der Waals surface area contributed by atoms with Crippen LogP contribution in [0.5, 0.6) is 5.75 Å². The second-order valence-electron chi connectivity index (χ2n) is 5.70. The molecule has 3 aromatic rings. The average Bonchev–Trinajstić information content (AvgIpc) is 2.61. The third-order valence-corrected chi connectivity index (χ3v) is 3.93. The molecule has 0 atom stereocenters. The minimum absolute atomic E-state index is 0.698. The summed E-state index contributed by atoms with van der Waals surface area (Å²) in [5, 5.41) is 5.91. The van der Waals surface area contributed by atoms with E-state index in [1.807, 2.05) is 6.07 Å². The first kappa shape index (κ1) is 15.6. The zero-order chi connectivity index (χ0) is 15.7. The van der Waals surface area contributed by atoms with E-state index in [4.69, 9.17) is 4.74 Å². The molecule has 0 aliphatic carbocycles. The van der Waals surface area contributed by atoms with Crippen molar-refractivity contribution in [3.8, 4) is 5.75 Å². The molecule has 0 unspecified atom stereocenters. The second-order valence-corrected chi connectivity index (χ2v) is 5.70. The Kier molecular flexibility index (Phi) is 5.65. The third kappa shape index (κ3) is 4.83. The van der Waals surface area contributed by atoms with Crippen LogP contribution in [0.2, 0.25) is 0 Å². The summed E-state index contributed by atoms with van der Waals surface area (Å²) >= 11 is 0. The highest BCUT2D eigenvalue weighted by molar-refractivity contribution is 5.83. The molecule has 0 aliphatic heterocycles. The summed E-state index contributed by atoms with van der Waals surface area (Å²) in [5.41, 5.74) is 1.40. The van der Waals surface area contributed by atoms with Crippen molar-refractivity contribution in [2.45, 2.75) is 12.8 Å². The predicted molar refractivity (Wildman–Crippen MR) is 97.1 cm³/mol. The number of nitrogens with one attached hydrogen (secondary N) is 1. The molecule has 2 heteroatoms. The van der Waals surface area contributed by atoms with E-state index >= 15 is 0 Å². The Bertz CT molecular complexity index is 724. The van der Waals surface area contributed by atoms with Gasteiger partial charge in [0.1, 0.15) is 12.4 Å². The number of hydrogen-bond acceptors (Lipinski definition) is 2. The van der Waals surface area contributed by atoms with Crippen molar-refractivity contribution in [1.29, 1.82) is 0 Å². The molecule has 2 nitrogen and oxygen atoms in total. The van der Waals surface area contributed by atoms with E-state index in [2.05, 4.69) is 72.0 Å². The molecule has 23 heavy (non-hydrogen) atoms. The average molecular weight is 305 g/mol. The van der Waals surface area contributed by atoms with Gasteiger partial charge in [0.25, 0.3) is 0 Å². The molecule has 118 valence electrons. The van der Waals surface area contributed by atoms with Crippen molar-refractivity contribution in [2.24, 2.45) is 0 Å². The van der Waals surface area contributed by atoms with E-state index in [0.717, 1.165) is 31.7 Å². The summed E-state index contributed by atoms with van der Waals surface area (Å²) < 4.78 is 5.82. The molecular formula is C21H23NO. The van der Waals surface area contributed by atoms with E-state index < -0.39 is 0 Å². The van der Waals surface area contributed by atoms with Crippen molar-refractivity contribution >= 4 is 10.8 Å². The van der Waals surface area contributed by atoms with Crippen LogP contribution in [-0.4, -0.2) is 19.7 Å². The van der Waals surface area contributed by atoms with Crippen LogP contribution >= 0.6 is 0 Å². The van der Waals surface area contributed by atoms with Crippen molar-refractivity contribution in [3.05, 3.63) is 78.4 Å². The summed E-state index contributed by atoms with van der Waals surface area (Å²) in [6, 6.07) is 25.2. The molecule has 0 amide bonds. The Morgan fingerprint density at radius 2 is 1.52 bits per heavy atom. The van der Waals surface area contributed by atoms with Gasteiger partial charge in [-0.05, 0) is 47.9 Å². The van der Waals surface area contributed by atoms with Crippen LogP contribution in [0.3, 0.4) is 0 Å². The second kappa shape index (κ2) is 8.35. The molecule has 3 aromatic carbocycles. The van der Waals surface area contributed by atoms with E-state index in [1.165, 1.54) is 16.3 Å². The summed E-state index contributed by atoms with van der Waals surface area (Å²) in [6.45, 7) is 2.60. The minimum Gasteiger partial charge on any atom is -0.492 e. The first-order valence-corrected chi connectivity index (χ1v) is 8.28. The quantitative estimate of drug-likeness (QED) is 0.621. The summed E-state index contributed by atoms with van der Waals surface area (Å²) in [7, 11) is 0. The Hall–Kier alpha value is -2.32. The van der Waals surface area contributed by atoms with Gasteiger partial charge in [0.15, 0.2) is 0 Å². The van der Waals surface area contributed by atoms with E-state index in [0.29, 0.717) is 6.61 Å². The third-order valence-electron chi connectivity index (χ3n) is 3.93. The Labute approximate surface area is 138 Å². The maximum absolute atomic E-state index is 5.82. The fourth-order valence-electron chi connectivity index (χ4n) is 2.69. The highest BCUT2D eigenvalue weighted by Crippen LogP contribution is 2.20. The van der Waals surface area contributed by atoms with Crippen LogP contribution in [0, 0.1) is 0 Å². The van der Waals surface area contributed by atoms with Crippen LogP contribution in [0.4, 0.5) is 0 Å². The molecule has 0 spiro atoms. The van der Waals surface area contributed by atoms with Gasteiger partial charge >= 0.3 is 0 Å².